The number of benzene rings is 2. The smallest absolute Gasteiger partial charge is 0.258 e. The van der Waals surface area contributed by atoms with Crippen LogP contribution in [0.3, 0.4) is 0 Å². The molecule has 0 radical (unpaired) electrons. The van der Waals surface area contributed by atoms with Crippen molar-refractivity contribution in [2.45, 2.75) is 24.8 Å². The summed E-state index contributed by atoms with van der Waals surface area (Å²) in [6, 6.07) is 10.9. The maximum atomic E-state index is 14.1. The molecule has 0 saturated carbocycles. The van der Waals surface area contributed by atoms with Crippen molar-refractivity contribution >= 4 is 39.2 Å². The number of aryl methyl sites for hydroxylation is 1. The molecule has 0 fully saturated rings. The van der Waals surface area contributed by atoms with Gasteiger partial charge in [-0.3, -0.25) is 4.79 Å². The lowest BCUT2D eigenvalue weighted by molar-refractivity contribution is -0.115. The van der Waals surface area contributed by atoms with Gasteiger partial charge in [-0.1, -0.05) is 24.3 Å². The highest BCUT2D eigenvalue weighted by molar-refractivity contribution is 8.00. The van der Waals surface area contributed by atoms with Crippen LogP contribution in [-0.2, 0) is 11.3 Å². The fraction of sp³-hybridized carbons (Fsp3) is 0.222. The molecule has 0 aliphatic heterocycles. The van der Waals surface area contributed by atoms with Gasteiger partial charge in [0, 0.05) is 11.4 Å². The Morgan fingerprint density at radius 2 is 1.96 bits per heavy atom. The van der Waals surface area contributed by atoms with E-state index in [0.29, 0.717) is 16.9 Å². The Balaban J connectivity index is 1.86. The third-order valence-electron chi connectivity index (χ3n) is 3.50. The molecule has 7 heteroatoms. The zero-order valence-corrected chi connectivity index (χ0v) is 15.2. The number of fused-ring (bicyclic) bond motifs is 1. The van der Waals surface area contributed by atoms with Crippen LogP contribution in [0, 0.1) is 11.6 Å². The third-order valence-corrected chi connectivity index (χ3v) is 5.54. The van der Waals surface area contributed by atoms with Crippen LogP contribution in [0.5, 0.6) is 0 Å². The van der Waals surface area contributed by atoms with E-state index in [1.165, 1.54) is 41.3 Å². The van der Waals surface area contributed by atoms with E-state index in [1.807, 2.05) is 13.0 Å². The fourth-order valence-corrected chi connectivity index (χ4v) is 4.19. The second kappa shape index (κ2) is 7.93. The average molecular weight is 378 g/mol. The molecule has 0 aliphatic carbocycles. The summed E-state index contributed by atoms with van der Waals surface area (Å²) in [7, 11) is 0. The van der Waals surface area contributed by atoms with E-state index in [0.717, 1.165) is 16.0 Å². The highest BCUT2D eigenvalue weighted by Gasteiger charge is 2.11. The lowest BCUT2D eigenvalue weighted by Gasteiger charge is -2.03. The summed E-state index contributed by atoms with van der Waals surface area (Å²) in [6.45, 7) is 2.59. The highest BCUT2D eigenvalue weighted by Crippen LogP contribution is 2.21. The Hall–Kier alpha value is -1.99. The number of rotatable bonds is 5. The summed E-state index contributed by atoms with van der Waals surface area (Å²) >= 11 is 2.60. The molecule has 0 saturated heterocycles. The number of carbonyl (C=O) groups is 1. The molecule has 130 valence electrons. The van der Waals surface area contributed by atoms with E-state index in [4.69, 9.17) is 0 Å². The molecular formula is C18H16F2N2OS2. The van der Waals surface area contributed by atoms with Gasteiger partial charge in [-0.15, -0.1) is 11.8 Å². The van der Waals surface area contributed by atoms with Gasteiger partial charge in [-0.05, 0) is 42.8 Å². The van der Waals surface area contributed by atoms with Crippen molar-refractivity contribution in [3.8, 4) is 0 Å². The van der Waals surface area contributed by atoms with Gasteiger partial charge in [0.15, 0.2) is 4.80 Å². The number of aromatic nitrogens is 1. The molecule has 1 amide bonds. The molecule has 2 aromatic carbocycles. The quantitative estimate of drug-likeness (QED) is 0.608. The molecule has 0 atom stereocenters. The molecule has 1 aromatic heterocycles. The monoisotopic (exact) mass is 378 g/mol. The minimum atomic E-state index is -0.312. The number of para-hydroxylation sites is 1. The van der Waals surface area contributed by atoms with Crippen molar-refractivity contribution in [2.75, 3.05) is 5.75 Å². The number of hydrogen-bond donors (Lipinski definition) is 0. The van der Waals surface area contributed by atoms with Gasteiger partial charge in [0.25, 0.3) is 5.91 Å². The van der Waals surface area contributed by atoms with Crippen LogP contribution in [0.2, 0.25) is 0 Å². The van der Waals surface area contributed by atoms with Crippen LogP contribution in [0.1, 0.15) is 13.3 Å². The van der Waals surface area contributed by atoms with Crippen molar-refractivity contribution in [1.29, 1.82) is 0 Å². The van der Waals surface area contributed by atoms with Crippen LogP contribution in [0.4, 0.5) is 8.78 Å². The zero-order valence-electron chi connectivity index (χ0n) is 13.5. The third kappa shape index (κ3) is 4.16. The van der Waals surface area contributed by atoms with E-state index in [1.54, 1.807) is 22.8 Å². The van der Waals surface area contributed by atoms with Gasteiger partial charge < -0.3 is 4.57 Å². The van der Waals surface area contributed by atoms with Gasteiger partial charge in [-0.2, -0.15) is 4.99 Å². The molecule has 0 bridgehead atoms. The van der Waals surface area contributed by atoms with Crippen LogP contribution in [0.15, 0.2) is 52.4 Å². The molecule has 0 unspecified atom stereocenters. The molecule has 0 N–H and O–H groups in total. The van der Waals surface area contributed by atoms with Crippen LogP contribution in [0.25, 0.3) is 10.2 Å². The Bertz CT molecular complexity index is 961. The molecule has 25 heavy (non-hydrogen) atoms. The van der Waals surface area contributed by atoms with Gasteiger partial charge >= 0.3 is 0 Å². The predicted octanol–water partition coefficient (Wildman–Crippen LogP) is 4.61. The van der Waals surface area contributed by atoms with Gasteiger partial charge in [0.05, 0.1) is 16.0 Å². The zero-order chi connectivity index (χ0) is 17.8. The maximum absolute atomic E-state index is 14.1. The van der Waals surface area contributed by atoms with Crippen LogP contribution in [-0.4, -0.2) is 16.2 Å². The lowest BCUT2D eigenvalue weighted by Crippen LogP contribution is -2.17. The number of carbonyl (C=O) groups excluding carboxylic acids is 1. The summed E-state index contributed by atoms with van der Waals surface area (Å²) in [6.07, 6.45) is 0.811. The standard InChI is InChI=1S/C18H16F2N2OS2/c1-2-10-22-17-14(20)4-3-5-15(17)25-18(22)21-16(23)11-24-13-8-6-12(19)7-9-13/h3-9H,2,10-11H2,1H3. The van der Waals surface area contributed by atoms with Crippen molar-refractivity contribution in [3.05, 3.63) is 58.9 Å². The molecule has 3 aromatic rings. The molecule has 1 heterocycles. The fourth-order valence-electron chi connectivity index (χ4n) is 2.42. The van der Waals surface area contributed by atoms with Crippen LogP contribution >= 0.6 is 23.1 Å². The molecular weight excluding hydrogens is 362 g/mol. The van der Waals surface area contributed by atoms with Crippen molar-refractivity contribution in [2.24, 2.45) is 4.99 Å². The number of halogens is 2. The Morgan fingerprint density at radius 1 is 1.20 bits per heavy atom. The molecule has 0 aliphatic rings. The molecule has 3 rings (SSSR count). The SMILES string of the molecule is CCCn1c(=NC(=O)CSc2ccc(F)cc2)sc2cccc(F)c21. The number of thioether (sulfide) groups is 1. The minimum Gasteiger partial charge on any atom is -0.314 e. The second-order valence-corrected chi connectivity index (χ2v) is 7.43. The van der Waals surface area contributed by atoms with E-state index in [9.17, 15) is 13.6 Å². The Labute approximate surface area is 152 Å². The predicted molar refractivity (Wildman–Crippen MR) is 97.8 cm³/mol. The minimum absolute atomic E-state index is 0.147. The lowest BCUT2D eigenvalue weighted by atomic mass is 10.3. The van der Waals surface area contributed by atoms with Crippen LogP contribution < -0.4 is 4.80 Å². The summed E-state index contributed by atoms with van der Waals surface area (Å²) in [5, 5.41) is 0. The number of amides is 1. The van der Waals surface area contributed by atoms with Gasteiger partial charge in [0.1, 0.15) is 11.6 Å². The van der Waals surface area contributed by atoms with E-state index in [-0.39, 0.29) is 23.3 Å². The van der Waals surface area contributed by atoms with E-state index < -0.39 is 0 Å². The largest absolute Gasteiger partial charge is 0.314 e. The maximum Gasteiger partial charge on any atom is 0.258 e. The summed E-state index contributed by atoms with van der Waals surface area (Å²) in [5.41, 5.74) is 0.493. The number of thiazole rings is 1. The molecule has 3 nitrogen and oxygen atoms in total. The van der Waals surface area contributed by atoms with E-state index >= 15 is 0 Å². The first-order valence-electron chi connectivity index (χ1n) is 7.82. The number of hydrogen-bond acceptors (Lipinski definition) is 3. The number of nitrogens with zero attached hydrogens (tertiary/aromatic N) is 2. The van der Waals surface area contributed by atoms with Crippen molar-refractivity contribution in [3.63, 3.8) is 0 Å². The highest BCUT2D eigenvalue weighted by atomic mass is 32.2. The summed E-state index contributed by atoms with van der Waals surface area (Å²) < 4.78 is 29.6. The van der Waals surface area contributed by atoms with Gasteiger partial charge in [0.2, 0.25) is 0 Å². The first kappa shape index (κ1) is 17.8. The Kier molecular flexibility index (Phi) is 5.65. The van der Waals surface area contributed by atoms with E-state index in [2.05, 4.69) is 4.99 Å². The van der Waals surface area contributed by atoms with Crippen molar-refractivity contribution in [1.82, 2.24) is 4.57 Å². The first-order chi connectivity index (χ1) is 12.1. The summed E-state index contributed by atoms with van der Waals surface area (Å²) in [5.74, 6) is -0.773. The van der Waals surface area contributed by atoms with Crippen molar-refractivity contribution < 1.29 is 13.6 Å². The van der Waals surface area contributed by atoms with Gasteiger partial charge in [-0.25, -0.2) is 8.78 Å². The molecule has 0 spiro atoms. The topological polar surface area (TPSA) is 34.4 Å². The Morgan fingerprint density at radius 3 is 2.68 bits per heavy atom. The second-order valence-electron chi connectivity index (χ2n) is 5.37. The normalized spacial score (nSPS) is 12.0. The average Bonchev–Trinajstić information content (AvgIpc) is 2.93. The summed E-state index contributed by atoms with van der Waals surface area (Å²) in [4.78, 5) is 17.7. The first-order valence-corrected chi connectivity index (χ1v) is 9.62.